The van der Waals surface area contributed by atoms with Crippen LogP contribution in [0.1, 0.15) is 19.4 Å². The van der Waals surface area contributed by atoms with Gasteiger partial charge in [0, 0.05) is 17.5 Å². The molecule has 23 heavy (non-hydrogen) atoms. The lowest BCUT2D eigenvalue weighted by Crippen LogP contribution is -2.39. The van der Waals surface area contributed by atoms with Crippen molar-refractivity contribution in [2.24, 2.45) is 0 Å². The first-order valence-electron chi connectivity index (χ1n) is 7.13. The average Bonchev–Trinajstić information content (AvgIpc) is 2.51. The Labute approximate surface area is 131 Å². The number of amides is 1. The van der Waals surface area contributed by atoms with Gasteiger partial charge in [-0.3, -0.25) is 9.59 Å². The molecule has 0 saturated carbocycles. The van der Waals surface area contributed by atoms with Gasteiger partial charge < -0.3 is 19.6 Å². The number of carbonyl (C=O) groups excluding carboxylic acids is 1. The minimum Gasteiger partial charge on any atom is -0.481 e. The van der Waals surface area contributed by atoms with E-state index >= 15 is 0 Å². The summed E-state index contributed by atoms with van der Waals surface area (Å²) in [5, 5.41) is 11.6. The molecule has 1 atom stereocenters. The molecule has 2 rings (SSSR count). The molecule has 0 saturated heterocycles. The van der Waals surface area contributed by atoms with Crippen LogP contribution in [0.25, 0.3) is 11.0 Å². The van der Waals surface area contributed by atoms with Crippen molar-refractivity contribution in [2.75, 3.05) is 6.54 Å². The van der Waals surface area contributed by atoms with Gasteiger partial charge in [0.05, 0.1) is 0 Å². The number of carboxylic acid groups (broad SMARTS) is 1. The highest BCUT2D eigenvalue weighted by molar-refractivity contribution is 5.85. The summed E-state index contributed by atoms with van der Waals surface area (Å²) in [6, 6.07) is 6.42. The Hall–Kier alpha value is -2.83. The van der Waals surface area contributed by atoms with Crippen LogP contribution >= 0.6 is 0 Å². The fourth-order valence-corrected chi connectivity index (χ4v) is 2.14. The first-order valence-corrected chi connectivity index (χ1v) is 7.13. The summed E-state index contributed by atoms with van der Waals surface area (Å²) in [5.74, 6) is -1.33. The van der Waals surface area contributed by atoms with Gasteiger partial charge in [0.15, 0.2) is 6.10 Å². The Bertz CT molecular complexity index is 795. The molecule has 2 aromatic rings. The molecule has 7 nitrogen and oxygen atoms in total. The fraction of sp³-hybridized carbons (Fsp3) is 0.312. The highest BCUT2D eigenvalue weighted by Crippen LogP contribution is 2.23. The Morgan fingerprint density at radius 1 is 1.35 bits per heavy atom. The number of fused-ring (bicyclic) bond motifs is 1. The molecule has 0 unspecified atom stereocenters. The highest BCUT2D eigenvalue weighted by Gasteiger charge is 2.16. The maximum Gasteiger partial charge on any atom is 0.336 e. The minimum atomic E-state index is -1.13. The Kier molecular flexibility index (Phi) is 5.00. The second kappa shape index (κ2) is 6.95. The van der Waals surface area contributed by atoms with Crippen molar-refractivity contribution in [3.8, 4) is 5.75 Å². The maximum absolute atomic E-state index is 11.7. The molecular weight excluding hydrogens is 302 g/mol. The third-order valence-electron chi connectivity index (χ3n) is 3.28. The molecule has 1 aromatic carbocycles. The van der Waals surface area contributed by atoms with Gasteiger partial charge in [-0.05, 0) is 31.0 Å². The molecular formula is C16H17NO6. The first kappa shape index (κ1) is 16.5. The van der Waals surface area contributed by atoms with E-state index < -0.39 is 30.2 Å². The van der Waals surface area contributed by atoms with Crippen LogP contribution in [0.15, 0.2) is 33.5 Å². The lowest BCUT2D eigenvalue weighted by Gasteiger charge is -2.14. The van der Waals surface area contributed by atoms with Gasteiger partial charge in [-0.2, -0.15) is 0 Å². The van der Waals surface area contributed by atoms with E-state index in [0.717, 1.165) is 10.9 Å². The molecule has 122 valence electrons. The summed E-state index contributed by atoms with van der Waals surface area (Å²) >= 11 is 0. The van der Waals surface area contributed by atoms with E-state index in [1.54, 1.807) is 12.1 Å². The number of nitrogens with one attached hydrogen (secondary N) is 1. The zero-order chi connectivity index (χ0) is 17.0. The maximum atomic E-state index is 11.7. The van der Waals surface area contributed by atoms with Gasteiger partial charge in [0.25, 0.3) is 5.91 Å². The van der Waals surface area contributed by atoms with Gasteiger partial charge in [0.1, 0.15) is 17.9 Å². The molecule has 0 fully saturated rings. The number of rotatable bonds is 6. The molecule has 0 radical (unpaired) electrons. The predicted octanol–water partition coefficient (Wildman–Crippen LogP) is 1.32. The van der Waals surface area contributed by atoms with Gasteiger partial charge >= 0.3 is 11.6 Å². The zero-order valence-electron chi connectivity index (χ0n) is 12.8. The number of benzene rings is 1. The Morgan fingerprint density at radius 3 is 2.74 bits per heavy atom. The number of carbonyl (C=O) groups is 2. The van der Waals surface area contributed by atoms with Crippen molar-refractivity contribution in [1.29, 1.82) is 0 Å². The van der Waals surface area contributed by atoms with E-state index in [1.165, 1.54) is 19.1 Å². The van der Waals surface area contributed by atoms with E-state index in [1.807, 2.05) is 6.92 Å². The van der Waals surface area contributed by atoms with Crippen molar-refractivity contribution in [2.45, 2.75) is 26.4 Å². The molecule has 0 bridgehead atoms. The van der Waals surface area contributed by atoms with Crippen LogP contribution in [0.5, 0.6) is 5.75 Å². The third-order valence-corrected chi connectivity index (χ3v) is 3.28. The van der Waals surface area contributed by atoms with E-state index in [9.17, 15) is 14.4 Å². The molecule has 7 heteroatoms. The summed E-state index contributed by atoms with van der Waals surface area (Å²) in [4.78, 5) is 33.6. The van der Waals surface area contributed by atoms with Crippen molar-refractivity contribution in [1.82, 2.24) is 5.32 Å². The second-order valence-electron chi connectivity index (χ2n) is 4.97. The molecule has 1 aromatic heterocycles. The summed E-state index contributed by atoms with van der Waals surface area (Å²) in [6.07, 6.45) is -0.191. The molecule has 1 amide bonds. The topological polar surface area (TPSA) is 106 Å². The lowest BCUT2D eigenvalue weighted by molar-refractivity contribution is -0.139. The van der Waals surface area contributed by atoms with Crippen LogP contribution in [-0.2, 0) is 16.0 Å². The first-order chi connectivity index (χ1) is 10.9. The summed E-state index contributed by atoms with van der Waals surface area (Å²) in [5.41, 5.74) is 0.804. The number of aliphatic carboxylic acids is 1. The number of hydrogen-bond donors (Lipinski definition) is 2. The zero-order valence-corrected chi connectivity index (χ0v) is 12.8. The standard InChI is InChI=1S/C16H17NO6/c1-3-10-6-15(20)23-13-7-11(4-5-12(10)13)22-9(2)16(21)17-8-14(18)19/h4-7,9H,3,8H2,1-2H3,(H,17,21)(H,18,19)/t9-/m0/s1. The van der Waals surface area contributed by atoms with Crippen LogP contribution < -0.4 is 15.7 Å². The Morgan fingerprint density at radius 2 is 2.09 bits per heavy atom. The van der Waals surface area contributed by atoms with Crippen molar-refractivity contribution >= 4 is 22.8 Å². The van der Waals surface area contributed by atoms with Crippen molar-refractivity contribution in [3.63, 3.8) is 0 Å². The summed E-state index contributed by atoms with van der Waals surface area (Å²) < 4.78 is 10.6. The number of hydrogen-bond acceptors (Lipinski definition) is 5. The minimum absolute atomic E-state index is 0.354. The van der Waals surface area contributed by atoms with E-state index in [4.69, 9.17) is 14.3 Å². The van der Waals surface area contributed by atoms with E-state index in [-0.39, 0.29) is 0 Å². The van der Waals surface area contributed by atoms with Crippen LogP contribution in [0, 0.1) is 0 Å². The van der Waals surface area contributed by atoms with Gasteiger partial charge in [-0.1, -0.05) is 6.92 Å². The monoisotopic (exact) mass is 319 g/mol. The summed E-state index contributed by atoms with van der Waals surface area (Å²) in [6.45, 7) is 2.96. The van der Waals surface area contributed by atoms with Crippen LogP contribution in [-0.4, -0.2) is 29.6 Å². The van der Waals surface area contributed by atoms with E-state index in [0.29, 0.717) is 17.8 Å². The van der Waals surface area contributed by atoms with Crippen LogP contribution in [0.4, 0.5) is 0 Å². The summed E-state index contributed by atoms with van der Waals surface area (Å²) in [7, 11) is 0. The van der Waals surface area contributed by atoms with Gasteiger partial charge in [-0.25, -0.2) is 4.79 Å². The fourth-order valence-electron chi connectivity index (χ4n) is 2.14. The number of carboxylic acids is 1. The lowest BCUT2D eigenvalue weighted by atomic mass is 10.1. The third kappa shape index (κ3) is 4.09. The number of ether oxygens (including phenoxy) is 1. The SMILES string of the molecule is CCc1cc(=O)oc2cc(O[C@@H](C)C(=O)NCC(=O)O)ccc12. The molecule has 0 spiro atoms. The highest BCUT2D eigenvalue weighted by atomic mass is 16.5. The van der Waals surface area contributed by atoms with Gasteiger partial charge in [0.2, 0.25) is 0 Å². The molecule has 1 heterocycles. The normalized spacial score (nSPS) is 11.9. The van der Waals surface area contributed by atoms with Crippen LogP contribution in [0.2, 0.25) is 0 Å². The predicted molar refractivity (Wildman–Crippen MR) is 82.6 cm³/mol. The van der Waals surface area contributed by atoms with Crippen molar-refractivity contribution < 1.29 is 23.8 Å². The quantitative estimate of drug-likeness (QED) is 0.778. The second-order valence-corrected chi connectivity index (χ2v) is 4.97. The molecule has 0 aliphatic heterocycles. The molecule has 0 aliphatic rings. The van der Waals surface area contributed by atoms with E-state index in [2.05, 4.69) is 5.32 Å². The smallest absolute Gasteiger partial charge is 0.336 e. The van der Waals surface area contributed by atoms with Gasteiger partial charge in [-0.15, -0.1) is 0 Å². The molecule has 0 aliphatic carbocycles. The average molecular weight is 319 g/mol. The van der Waals surface area contributed by atoms with Crippen molar-refractivity contribution in [3.05, 3.63) is 40.2 Å². The molecule has 2 N–H and O–H groups in total. The largest absolute Gasteiger partial charge is 0.481 e. The Balaban J connectivity index is 2.19. The number of aryl methyl sites for hydroxylation is 1. The van der Waals surface area contributed by atoms with Crippen LogP contribution in [0.3, 0.4) is 0 Å².